The highest BCUT2D eigenvalue weighted by Crippen LogP contribution is 2.23. The van der Waals surface area contributed by atoms with Gasteiger partial charge in [0.05, 0.1) is 22.7 Å². The van der Waals surface area contributed by atoms with Gasteiger partial charge in [0.15, 0.2) is 11.5 Å². The summed E-state index contributed by atoms with van der Waals surface area (Å²) in [5, 5.41) is 18.4. The molecular formula is C15H22BrFN8O6S2. The Labute approximate surface area is 197 Å². The zero-order valence-electron chi connectivity index (χ0n) is 17.4. The van der Waals surface area contributed by atoms with Gasteiger partial charge in [-0.1, -0.05) is 0 Å². The highest BCUT2D eigenvalue weighted by Gasteiger charge is 2.19. The predicted octanol–water partition coefficient (Wildman–Crippen LogP) is -0.244. The van der Waals surface area contributed by atoms with Gasteiger partial charge in [0, 0.05) is 26.2 Å². The van der Waals surface area contributed by atoms with Crippen LogP contribution >= 0.6 is 15.9 Å². The third-order valence-corrected chi connectivity index (χ3v) is 5.78. The van der Waals surface area contributed by atoms with E-state index in [1.54, 1.807) is 0 Å². The second-order valence-corrected chi connectivity index (χ2v) is 11.1. The molecule has 0 saturated carbocycles. The van der Waals surface area contributed by atoms with E-state index in [2.05, 4.69) is 46.1 Å². The Bertz CT molecular complexity index is 1150. The maximum Gasteiger partial charge on any atom is 0.216 e. The third-order valence-electron chi connectivity index (χ3n) is 3.72. The van der Waals surface area contributed by atoms with E-state index in [0.717, 1.165) is 12.5 Å². The van der Waals surface area contributed by atoms with E-state index >= 15 is 0 Å². The second kappa shape index (κ2) is 11.8. The number of hydrogen-bond donors (Lipinski definition) is 5. The number of benzene rings is 1. The number of aromatic nitrogens is 2. The van der Waals surface area contributed by atoms with Crippen LogP contribution in [0.3, 0.4) is 0 Å². The number of amidine groups is 1. The lowest BCUT2D eigenvalue weighted by Crippen LogP contribution is -2.42. The van der Waals surface area contributed by atoms with E-state index in [-0.39, 0.29) is 53.7 Å². The van der Waals surface area contributed by atoms with Crippen LogP contribution in [-0.2, 0) is 20.0 Å². The first-order valence-corrected chi connectivity index (χ1v) is 13.6. The molecule has 0 atom stereocenters. The van der Waals surface area contributed by atoms with Gasteiger partial charge >= 0.3 is 0 Å². The first-order chi connectivity index (χ1) is 15.4. The lowest BCUT2D eigenvalue weighted by Gasteiger charge is -2.23. The summed E-state index contributed by atoms with van der Waals surface area (Å²) in [6, 6.07) is 3.90. The Balaban J connectivity index is 2.22. The molecule has 0 saturated heterocycles. The topological polar surface area (TPSA) is 191 Å². The highest BCUT2D eigenvalue weighted by molar-refractivity contribution is 9.10. The van der Waals surface area contributed by atoms with E-state index in [1.165, 1.54) is 23.2 Å². The minimum absolute atomic E-state index is 0.00583. The van der Waals surface area contributed by atoms with Gasteiger partial charge in [0.25, 0.3) is 0 Å². The second-order valence-electron chi connectivity index (χ2n) is 6.56. The minimum atomic E-state index is -3.45. The van der Waals surface area contributed by atoms with Crippen molar-refractivity contribution in [1.82, 2.24) is 30.2 Å². The molecule has 0 aliphatic carbocycles. The molecule has 5 N–H and O–H groups in total. The van der Waals surface area contributed by atoms with Crippen molar-refractivity contribution in [2.24, 2.45) is 4.99 Å². The summed E-state index contributed by atoms with van der Waals surface area (Å²) in [5.41, 5.74) is 4.88. The Morgan fingerprint density at radius 3 is 2.27 bits per heavy atom. The van der Waals surface area contributed by atoms with Crippen LogP contribution in [0.15, 0.2) is 32.3 Å². The first kappa shape index (κ1) is 27.0. The van der Waals surface area contributed by atoms with Crippen molar-refractivity contribution in [3.8, 4) is 0 Å². The molecule has 0 aliphatic rings. The normalized spacial score (nSPS) is 12.8. The lowest BCUT2D eigenvalue weighted by atomic mass is 10.3. The summed E-state index contributed by atoms with van der Waals surface area (Å²) in [7, 11) is -6.89. The number of nitrogens with zero attached hydrogens (tertiary/aromatic N) is 4. The van der Waals surface area contributed by atoms with Crippen molar-refractivity contribution in [3.63, 3.8) is 0 Å². The van der Waals surface area contributed by atoms with E-state index in [1.807, 2.05) is 5.48 Å². The molecule has 1 heterocycles. The van der Waals surface area contributed by atoms with Crippen LogP contribution in [0.5, 0.6) is 0 Å². The summed E-state index contributed by atoms with van der Waals surface area (Å²) < 4.78 is 68.2. The molecule has 0 radical (unpaired) electrons. The molecule has 0 bridgehead atoms. The van der Waals surface area contributed by atoms with Crippen molar-refractivity contribution < 1.29 is 31.1 Å². The Morgan fingerprint density at radius 2 is 1.76 bits per heavy atom. The molecule has 2 aromatic rings. The quantitative estimate of drug-likeness (QED) is 0.128. The van der Waals surface area contributed by atoms with Gasteiger partial charge in [-0.3, -0.25) is 16.1 Å². The maximum atomic E-state index is 13.5. The molecule has 2 rings (SSSR count). The number of hydroxylamine groups is 1. The predicted molar refractivity (Wildman–Crippen MR) is 120 cm³/mol. The zero-order valence-corrected chi connectivity index (χ0v) is 20.6. The van der Waals surface area contributed by atoms with Crippen LogP contribution in [0.1, 0.15) is 5.69 Å². The number of anilines is 1. The molecule has 0 unspecified atom stereocenters. The molecule has 14 nitrogen and oxygen atoms in total. The first-order valence-electron chi connectivity index (χ1n) is 9.05. The summed E-state index contributed by atoms with van der Waals surface area (Å²) in [6.45, 7) is 0.172. The molecule has 0 fully saturated rings. The van der Waals surface area contributed by atoms with Crippen LogP contribution in [0.25, 0.3) is 0 Å². The number of hydrazine groups is 1. The minimum Gasteiger partial charge on any atom is -0.298 e. The van der Waals surface area contributed by atoms with E-state index in [9.17, 15) is 26.4 Å². The average Bonchev–Trinajstić information content (AvgIpc) is 3.14. The number of aliphatic imine (C=N–C) groups is 1. The smallest absolute Gasteiger partial charge is 0.216 e. The molecule has 0 spiro atoms. The van der Waals surface area contributed by atoms with Crippen LogP contribution in [0.4, 0.5) is 15.9 Å². The fourth-order valence-electron chi connectivity index (χ4n) is 2.34. The van der Waals surface area contributed by atoms with Gasteiger partial charge in [-0.25, -0.2) is 45.3 Å². The molecule has 33 heavy (non-hydrogen) atoms. The number of hydrogen-bond acceptors (Lipinski definition) is 11. The Kier molecular flexibility index (Phi) is 9.64. The van der Waals surface area contributed by atoms with Crippen LogP contribution < -0.4 is 20.4 Å². The maximum absolute atomic E-state index is 13.5. The van der Waals surface area contributed by atoms with Crippen molar-refractivity contribution in [1.29, 1.82) is 0 Å². The van der Waals surface area contributed by atoms with Crippen LogP contribution in [0.2, 0.25) is 0 Å². The van der Waals surface area contributed by atoms with Crippen LogP contribution in [-0.4, -0.2) is 81.9 Å². The number of halogens is 2. The Morgan fingerprint density at radius 1 is 1.15 bits per heavy atom. The number of rotatable bonds is 12. The summed E-state index contributed by atoms with van der Waals surface area (Å²) in [6.07, 6.45) is 2.00. The molecule has 184 valence electrons. The zero-order chi connectivity index (χ0) is 24.6. The van der Waals surface area contributed by atoms with Crippen molar-refractivity contribution in [3.05, 3.63) is 34.2 Å². The molecular weight excluding hydrogens is 551 g/mol. The number of sulfonamides is 2. The molecule has 18 heteroatoms. The van der Waals surface area contributed by atoms with Crippen molar-refractivity contribution in [2.75, 3.05) is 44.1 Å². The fraction of sp³-hybridized carbons (Fsp3) is 0.400. The summed E-state index contributed by atoms with van der Waals surface area (Å²) >= 11 is 3.04. The van der Waals surface area contributed by atoms with Gasteiger partial charge in [0.1, 0.15) is 5.82 Å². The van der Waals surface area contributed by atoms with Gasteiger partial charge in [-0.2, -0.15) is 0 Å². The lowest BCUT2D eigenvalue weighted by molar-refractivity contribution is 0.234. The highest BCUT2D eigenvalue weighted by atomic mass is 79.9. The van der Waals surface area contributed by atoms with E-state index in [4.69, 9.17) is 4.63 Å². The SMILES string of the molecule is CS(=O)(=O)NCCN(CCNS(C)(=O)=O)Nc1nonc1C(=Nc1ccc(F)c(Br)c1)NO. The molecule has 0 amide bonds. The summed E-state index contributed by atoms with van der Waals surface area (Å²) in [5.74, 6) is -0.713. The van der Waals surface area contributed by atoms with Crippen LogP contribution in [0, 0.1) is 5.82 Å². The Hall–Kier alpha value is -2.22. The standard InChI is InChI=1S/C15H22BrFN8O6S2/c1-32(27,28)18-5-7-25(8-6-19-33(2,29)30)21-15-13(23-31-24-15)14(22-26)20-10-3-4-12(17)11(16)9-10/h3-4,9,18-19,26H,5-8H2,1-2H3,(H,20,22)(H,21,24). The molecule has 1 aromatic carbocycles. The van der Waals surface area contributed by atoms with Gasteiger partial charge < -0.3 is 0 Å². The van der Waals surface area contributed by atoms with Crippen molar-refractivity contribution >= 4 is 53.3 Å². The van der Waals surface area contributed by atoms with E-state index in [0.29, 0.717) is 0 Å². The largest absolute Gasteiger partial charge is 0.298 e. The van der Waals surface area contributed by atoms with Crippen molar-refractivity contribution in [2.45, 2.75) is 0 Å². The summed E-state index contributed by atoms with van der Waals surface area (Å²) in [4.78, 5) is 4.13. The van der Waals surface area contributed by atoms with Gasteiger partial charge in [-0.05, 0) is 44.4 Å². The molecule has 1 aromatic heterocycles. The number of nitrogens with one attached hydrogen (secondary N) is 4. The third kappa shape index (κ3) is 9.66. The van der Waals surface area contributed by atoms with E-state index < -0.39 is 25.9 Å². The monoisotopic (exact) mass is 572 g/mol. The van der Waals surface area contributed by atoms with Gasteiger partial charge in [0.2, 0.25) is 25.9 Å². The van der Waals surface area contributed by atoms with Gasteiger partial charge in [-0.15, -0.1) is 0 Å². The molecule has 0 aliphatic heterocycles. The fourth-order valence-corrected chi connectivity index (χ4v) is 3.63. The average molecular weight is 573 g/mol.